The van der Waals surface area contributed by atoms with E-state index in [1.807, 2.05) is 0 Å². The van der Waals surface area contributed by atoms with E-state index >= 15 is 0 Å². The predicted octanol–water partition coefficient (Wildman–Crippen LogP) is 1.90. The van der Waals surface area contributed by atoms with Gasteiger partial charge < -0.3 is 20.1 Å². The van der Waals surface area contributed by atoms with Crippen LogP contribution in [0.5, 0.6) is 5.75 Å². The second-order valence-electron chi connectivity index (χ2n) is 8.26. The van der Waals surface area contributed by atoms with Gasteiger partial charge in [-0.2, -0.15) is 0 Å². The Balaban J connectivity index is 2.55. The summed E-state index contributed by atoms with van der Waals surface area (Å²) >= 11 is 0. The Morgan fingerprint density at radius 3 is 2.56 bits per heavy atom. The van der Waals surface area contributed by atoms with E-state index < -0.39 is 47.3 Å². The lowest BCUT2D eigenvalue weighted by atomic mass is 9.83. The number of para-hydroxylation sites is 1. The highest BCUT2D eigenvalue weighted by molar-refractivity contribution is 5.89. The Morgan fingerprint density at radius 1 is 1.34 bits per heavy atom. The van der Waals surface area contributed by atoms with Crippen molar-refractivity contribution >= 4 is 11.8 Å². The van der Waals surface area contributed by atoms with E-state index in [-0.39, 0.29) is 37.5 Å². The fourth-order valence-corrected chi connectivity index (χ4v) is 3.93. The first-order valence-electron chi connectivity index (χ1n) is 10.0. The minimum atomic E-state index is -5.17. The quantitative estimate of drug-likeness (QED) is 0.278. The van der Waals surface area contributed by atoms with Gasteiger partial charge in [0.25, 0.3) is 5.91 Å². The number of hydroxylamine groups is 1. The molecule has 0 saturated carbocycles. The van der Waals surface area contributed by atoms with Crippen molar-refractivity contribution in [2.75, 3.05) is 19.6 Å². The summed E-state index contributed by atoms with van der Waals surface area (Å²) in [5.74, 6) is -5.65. The van der Waals surface area contributed by atoms with Crippen LogP contribution in [0.1, 0.15) is 32.8 Å². The number of ether oxygens (including phenoxy) is 1. The molecule has 0 aromatic heterocycles. The minimum Gasteiger partial charge on any atom is -0.402 e. The van der Waals surface area contributed by atoms with Gasteiger partial charge in [-0.25, -0.2) is 9.87 Å². The molecule has 12 heteroatoms. The lowest BCUT2D eigenvalue weighted by molar-refractivity contribution is -0.276. The molecule has 0 radical (unpaired) electrons. The van der Waals surface area contributed by atoms with Crippen LogP contribution < -0.4 is 15.5 Å². The number of nitrogens with one attached hydrogen (secondary N) is 2. The second kappa shape index (κ2) is 10.0. The SMILES string of the molecule is CC(C)C[C@H](C(=O)N1CCNC[C@@]1(C)c1cccc(F)c1OC(F)(F)F)[C@H](O)C(=O)NO. The summed E-state index contributed by atoms with van der Waals surface area (Å²) in [6.07, 6.45) is -7.00. The summed E-state index contributed by atoms with van der Waals surface area (Å²) < 4.78 is 57.2. The number of hydrogen-bond donors (Lipinski definition) is 4. The fourth-order valence-electron chi connectivity index (χ4n) is 3.93. The zero-order valence-corrected chi connectivity index (χ0v) is 17.9. The van der Waals surface area contributed by atoms with Crippen LogP contribution in [-0.4, -0.2) is 59.1 Å². The summed E-state index contributed by atoms with van der Waals surface area (Å²) in [4.78, 5) is 26.5. The number of halogens is 4. The van der Waals surface area contributed by atoms with Crippen molar-refractivity contribution < 1.29 is 42.2 Å². The van der Waals surface area contributed by atoms with E-state index in [1.54, 1.807) is 13.8 Å². The van der Waals surface area contributed by atoms with Crippen molar-refractivity contribution in [1.29, 1.82) is 0 Å². The first-order chi connectivity index (χ1) is 14.8. The maximum absolute atomic E-state index is 14.4. The van der Waals surface area contributed by atoms with E-state index in [1.165, 1.54) is 29.4 Å². The molecule has 2 amide bonds. The van der Waals surface area contributed by atoms with Gasteiger partial charge in [-0.3, -0.25) is 14.8 Å². The number of aliphatic hydroxyl groups excluding tert-OH is 1. The van der Waals surface area contributed by atoms with Crippen molar-refractivity contribution in [2.24, 2.45) is 11.8 Å². The standard InChI is InChI=1S/C20H27F4N3O5/c1-11(2)9-12(15(28)17(29)26-31)18(30)27-8-7-25-10-19(27,3)13-5-4-6-14(21)16(13)32-20(22,23)24/h4-6,11-12,15,25,28,31H,7-10H2,1-3H3,(H,26,29)/t12-,15-,19-/m0/s1. The summed E-state index contributed by atoms with van der Waals surface area (Å²) in [5, 5.41) is 22.2. The number of alkyl halides is 3. The molecule has 1 aromatic carbocycles. The molecule has 8 nitrogen and oxygen atoms in total. The zero-order chi connectivity index (χ0) is 24.3. The molecule has 1 aromatic rings. The lowest BCUT2D eigenvalue weighted by Gasteiger charge is -2.47. The molecule has 4 N–H and O–H groups in total. The molecule has 3 atom stereocenters. The van der Waals surface area contributed by atoms with Crippen molar-refractivity contribution in [3.05, 3.63) is 29.6 Å². The molecule has 0 aliphatic carbocycles. The number of carbonyl (C=O) groups is 2. The number of nitrogens with zero attached hydrogens (tertiary/aromatic N) is 1. The average Bonchev–Trinajstić information content (AvgIpc) is 2.71. The largest absolute Gasteiger partial charge is 0.573 e. The number of carbonyl (C=O) groups excluding carboxylic acids is 2. The third-order valence-corrected chi connectivity index (χ3v) is 5.41. The molecule has 180 valence electrons. The Labute approximate surface area is 182 Å². The second-order valence-corrected chi connectivity index (χ2v) is 8.26. The lowest BCUT2D eigenvalue weighted by Crippen LogP contribution is -2.62. The van der Waals surface area contributed by atoms with Gasteiger partial charge in [0.1, 0.15) is 6.10 Å². The number of benzene rings is 1. The summed E-state index contributed by atoms with van der Waals surface area (Å²) in [5.41, 5.74) is -0.415. The highest BCUT2D eigenvalue weighted by Crippen LogP contribution is 2.40. The molecule has 0 unspecified atom stereocenters. The highest BCUT2D eigenvalue weighted by Gasteiger charge is 2.47. The molecule has 32 heavy (non-hydrogen) atoms. The smallest absolute Gasteiger partial charge is 0.402 e. The van der Waals surface area contributed by atoms with Gasteiger partial charge in [0, 0.05) is 25.2 Å². The van der Waals surface area contributed by atoms with Crippen LogP contribution in [0.15, 0.2) is 18.2 Å². The van der Waals surface area contributed by atoms with Crippen LogP contribution in [0.4, 0.5) is 17.6 Å². The summed E-state index contributed by atoms with van der Waals surface area (Å²) in [6, 6.07) is 3.25. The van der Waals surface area contributed by atoms with Gasteiger partial charge in [-0.1, -0.05) is 26.0 Å². The maximum atomic E-state index is 14.4. The highest BCUT2D eigenvalue weighted by atomic mass is 19.4. The molecular formula is C20H27F4N3O5. The van der Waals surface area contributed by atoms with E-state index in [9.17, 15) is 32.3 Å². The summed E-state index contributed by atoms with van der Waals surface area (Å²) in [6.45, 7) is 5.21. The predicted molar refractivity (Wildman–Crippen MR) is 104 cm³/mol. The van der Waals surface area contributed by atoms with Gasteiger partial charge in [-0.05, 0) is 25.3 Å². The van der Waals surface area contributed by atoms with Crippen LogP contribution >= 0.6 is 0 Å². The zero-order valence-electron chi connectivity index (χ0n) is 17.9. The van der Waals surface area contributed by atoms with Crippen LogP contribution in [0.25, 0.3) is 0 Å². The van der Waals surface area contributed by atoms with Crippen molar-refractivity contribution in [3.8, 4) is 5.75 Å². The minimum absolute atomic E-state index is 0.0133. The van der Waals surface area contributed by atoms with Crippen molar-refractivity contribution in [1.82, 2.24) is 15.7 Å². The molecule has 1 heterocycles. The van der Waals surface area contributed by atoms with Crippen LogP contribution in [-0.2, 0) is 15.1 Å². The topological polar surface area (TPSA) is 111 Å². The number of piperazine rings is 1. The third kappa shape index (κ3) is 5.67. The molecule has 1 aliphatic heterocycles. The first-order valence-corrected chi connectivity index (χ1v) is 10.0. The Bertz CT molecular complexity index is 836. The van der Waals surface area contributed by atoms with E-state index in [4.69, 9.17) is 5.21 Å². The Morgan fingerprint density at radius 2 is 2.00 bits per heavy atom. The van der Waals surface area contributed by atoms with E-state index in [0.717, 1.165) is 6.07 Å². The molecule has 0 spiro atoms. The molecular weight excluding hydrogens is 438 g/mol. The normalized spacial score (nSPS) is 21.2. The van der Waals surface area contributed by atoms with Crippen LogP contribution in [0, 0.1) is 17.7 Å². The molecule has 1 saturated heterocycles. The van der Waals surface area contributed by atoms with E-state index in [2.05, 4.69) is 10.1 Å². The maximum Gasteiger partial charge on any atom is 0.573 e. The fraction of sp³-hybridized carbons (Fsp3) is 0.600. The number of amides is 2. The molecule has 0 bridgehead atoms. The molecule has 1 aliphatic rings. The third-order valence-electron chi connectivity index (χ3n) is 5.41. The van der Waals surface area contributed by atoms with Crippen molar-refractivity contribution in [2.45, 2.75) is 45.2 Å². The number of hydrogen-bond acceptors (Lipinski definition) is 6. The van der Waals surface area contributed by atoms with Gasteiger partial charge in [0.05, 0.1) is 11.5 Å². The van der Waals surface area contributed by atoms with Crippen LogP contribution in [0.2, 0.25) is 0 Å². The Kier molecular flexibility index (Phi) is 8.07. The van der Waals surface area contributed by atoms with E-state index in [0.29, 0.717) is 0 Å². The monoisotopic (exact) mass is 465 g/mol. The number of aliphatic hydroxyl groups is 1. The van der Waals surface area contributed by atoms with Crippen molar-refractivity contribution in [3.63, 3.8) is 0 Å². The Hall–Kier alpha value is -2.44. The first kappa shape index (κ1) is 25.8. The summed E-state index contributed by atoms with van der Waals surface area (Å²) in [7, 11) is 0. The van der Waals surface area contributed by atoms with Crippen LogP contribution in [0.3, 0.4) is 0 Å². The van der Waals surface area contributed by atoms with Gasteiger partial charge >= 0.3 is 6.36 Å². The van der Waals surface area contributed by atoms with Gasteiger partial charge in [0.2, 0.25) is 5.91 Å². The number of rotatable bonds is 7. The molecule has 2 rings (SSSR count). The average molecular weight is 465 g/mol. The van der Waals surface area contributed by atoms with Gasteiger partial charge in [0.15, 0.2) is 11.6 Å². The van der Waals surface area contributed by atoms with Gasteiger partial charge in [-0.15, -0.1) is 13.2 Å². The molecule has 1 fully saturated rings.